The first kappa shape index (κ1) is 18.6. The number of nitrogens with zero attached hydrogens (tertiary/aromatic N) is 2. The van der Waals surface area contributed by atoms with Crippen molar-refractivity contribution in [1.29, 1.82) is 0 Å². The summed E-state index contributed by atoms with van der Waals surface area (Å²) >= 11 is 0. The molecule has 0 saturated carbocycles. The number of aryl methyl sites for hydroxylation is 2. The van der Waals surface area contributed by atoms with E-state index in [4.69, 9.17) is 0 Å². The van der Waals surface area contributed by atoms with Gasteiger partial charge in [-0.2, -0.15) is 5.10 Å². The van der Waals surface area contributed by atoms with Crippen LogP contribution in [0.25, 0.3) is 5.69 Å². The van der Waals surface area contributed by atoms with Crippen molar-refractivity contribution < 1.29 is 9.18 Å². The summed E-state index contributed by atoms with van der Waals surface area (Å²) in [6.45, 7) is 5.40. The molecule has 3 aromatic rings. The van der Waals surface area contributed by atoms with Gasteiger partial charge in [-0.05, 0) is 66.8 Å². The van der Waals surface area contributed by atoms with Crippen molar-refractivity contribution in [3.05, 3.63) is 81.9 Å². The van der Waals surface area contributed by atoms with Gasteiger partial charge in [0.05, 0.1) is 11.4 Å². The smallest absolute Gasteiger partial charge is 0.185 e. The second-order valence-electron chi connectivity index (χ2n) is 7.31. The highest BCUT2D eigenvalue weighted by Gasteiger charge is 2.21. The van der Waals surface area contributed by atoms with Gasteiger partial charge in [0.1, 0.15) is 11.5 Å². The minimum Gasteiger partial charge on any atom is -0.312 e. The highest BCUT2D eigenvalue weighted by molar-refractivity contribution is 5.96. The normalized spacial score (nSPS) is 13.4. The molecule has 2 aromatic carbocycles. The fourth-order valence-electron chi connectivity index (χ4n) is 3.79. The van der Waals surface area contributed by atoms with Gasteiger partial charge in [0.25, 0.3) is 0 Å². The lowest BCUT2D eigenvalue weighted by Crippen LogP contribution is -2.25. The third-order valence-corrected chi connectivity index (χ3v) is 5.32. The molecule has 0 fully saturated rings. The zero-order chi connectivity index (χ0) is 19.7. The number of nitrogens with one attached hydrogen (secondary N) is 1. The second-order valence-corrected chi connectivity index (χ2v) is 7.31. The minimum absolute atomic E-state index is 0.0329. The number of halogens is 1. The van der Waals surface area contributed by atoms with E-state index in [0.29, 0.717) is 24.2 Å². The van der Waals surface area contributed by atoms with E-state index in [-0.39, 0.29) is 18.0 Å². The molecule has 0 saturated heterocycles. The van der Waals surface area contributed by atoms with Crippen LogP contribution >= 0.6 is 0 Å². The molecule has 1 aromatic heterocycles. The molecule has 4 rings (SSSR count). The summed E-state index contributed by atoms with van der Waals surface area (Å²) in [5, 5.41) is 7.75. The first-order valence-electron chi connectivity index (χ1n) is 9.76. The number of fused-ring (bicyclic) bond motifs is 1. The lowest BCUT2D eigenvalue weighted by molar-refractivity contribution is 0.0984. The summed E-state index contributed by atoms with van der Waals surface area (Å²) in [7, 11) is 0. The van der Waals surface area contributed by atoms with Crippen molar-refractivity contribution in [1.82, 2.24) is 15.1 Å². The second kappa shape index (κ2) is 7.68. The van der Waals surface area contributed by atoms with Crippen LogP contribution in [0.3, 0.4) is 0 Å². The molecular formula is C23H24FN3O. The Morgan fingerprint density at radius 1 is 1.25 bits per heavy atom. The fraction of sp³-hybridized carbons (Fsp3) is 0.304. The highest BCUT2D eigenvalue weighted by atomic mass is 19.1. The third kappa shape index (κ3) is 3.50. The van der Waals surface area contributed by atoms with Gasteiger partial charge in [-0.1, -0.05) is 31.2 Å². The highest BCUT2D eigenvalue weighted by Crippen LogP contribution is 2.23. The van der Waals surface area contributed by atoms with E-state index >= 15 is 0 Å². The molecule has 2 heterocycles. The van der Waals surface area contributed by atoms with Crippen molar-refractivity contribution >= 4 is 5.78 Å². The molecule has 144 valence electrons. The summed E-state index contributed by atoms with van der Waals surface area (Å²) in [5.41, 5.74) is 5.47. The van der Waals surface area contributed by atoms with Crippen LogP contribution in [-0.4, -0.2) is 22.1 Å². The van der Waals surface area contributed by atoms with Crippen molar-refractivity contribution in [2.75, 3.05) is 6.54 Å². The number of carbonyl (C=O) groups is 1. The SMILES string of the molecule is CCc1cccc(-n2nc(C)cc2C(=O)Cc2ccc3c(c2F)CCNC3)c1. The number of aromatic nitrogens is 2. The summed E-state index contributed by atoms with van der Waals surface area (Å²) in [4.78, 5) is 13.1. The van der Waals surface area contributed by atoms with Gasteiger partial charge in [-0.15, -0.1) is 0 Å². The van der Waals surface area contributed by atoms with E-state index in [1.54, 1.807) is 16.8 Å². The molecule has 0 radical (unpaired) electrons. The topological polar surface area (TPSA) is 46.9 Å². The first-order valence-corrected chi connectivity index (χ1v) is 9.76. The van der Waals surface area contributed by atoms with Gasteiger partial charge >= 0.3 is 0 Å². The number of carbonyl (C=O) groups excluding carboxylic acids is 1. The molecular weight excluding hydrogens is 353 g/mol. The van der Waals surface area contributed by atoms with Crippen LogP contribution in [0.4, 0.5) is 4.39 Å². The number of hydrogen-bond donors (Lipinski definition) is 1. The summed E-state index contributed by atoms with van der Waals surface area (Å²) in [5.74, 6) is -0.363. The molecule has 1 aliphatic heterocycles. The number of benzene rings is 2. The quantitative estimate of drug-likeness (QED) is 0.685. The molecule has 0 aliphatic carbocycles. The van der Waals surface area contributed by atoms with Crippen molar-refractivity contribution in [3.63, 3.8) is 0 Å². The van der Waals surface area contributed by atoms with E-state index in [1.807, 2.05) is 31.2 Å². The van der Waals surface area contributed by atoms with Crippen molar-refractivity contribution in [2.24, 2.45) is 0 Å². The Hall–Kier alpha value is -2.79. The monoisotopic (exact) mass is 377 g/mol. The molecule has 0 unspecified atom stereocenters. The maximum atomic E-state index is 15.0. The maximum absolute atomic E-state index is 15.0. The number of ketones is 1. The third-order valence-electron chi connectivity index (χ3n) is 5.32. The largest absolute Gasteiger partial charge is 0.312 e. The Morgan fingerprint density at radius 2 is 2.11 bits per heavy atom. The van der Waals surface area contributed by atoms with Crippen LogP contribution < -0.4 is 5.32 Å². The summed E-state index contributed by atoms with van der Waals surface area (Å²) in [6, 6.07) is 13.5. The molecule has 1 N–H and O–H groups in total. The Bertz CT molecular complexity index is 1040. The van der Waals surface area contributed by atoms with E-state index in [0.717, 1.165) is 35.5 Å². The van der Waals surface area contributed by atoms with Crippen LogP contribution in [0.5, 0.6) is 0 Å². The van der Waals surface area contributed by atoms with Crippen LogP contribution in [0.2, 0.25) is 0 Å². The molecule has 0 amide bonds. The Balaban J connectivity index is 1.66. The molecule has 4 nitrogen and oxygen atoms in total. The van der Waals surface area contributed by atoms with Crippen molar-refractivity contribution in [2.45, 2.75) is 39.7 Å². The molecule has 5 heteroatoms. The average molecular weight is 377 g/mol. The minimum atomic E-state index is -0.233. The van der Waals surface area contributed by atoms with E-state index in [1.165, 1.54) is 5.56 Å². The van der Waals surface area contributed by atoms with Crippen LogP contribution in [0.15, 0.2) is 42.5 Å². The Labute approximate surface area is 164 Å². The number of hydrogen-bond acceptors (Lipinski definition) is 3. The maximum Gasteiger partial charge on any atom is 0.185 e. The molecule has 28 heavy (non-hydrogen) atoms. The standard InChI is InChI=1S/C23H24FN3O/c1-3-16-5-4-6-19(12-16)27-21(11-15(2)26-27)22(28)13-17-7-8-18-14-25-10-9-20(18)23(17)24/h4-8,11-12,25H,3,9-10,13-14H2,1-2H3. The van der Waals surface area contributed by atoms with E-state index < -0.39 is 0 Å². The summed E-state index contributed by atoms with van der Waals surface area (Å²) < 4.78 is 16.6. The zero-order valence-corrected chi connectivity index (χ0v) is 16.3. The van der Waals surface area contributed by atoms with E-state index in [9.17, 15) is 9.18 Å². The fourth-order valence-corrected chi connectivity index (χ4v) is 3.79. The van der Waals surface area contributed by atoms with Gasteiger partial charge < -0.3 is 5.32 Å². The number of rotatable bonds is 5. The van der Waals surface area contributed by atoms with Gasteiger partial charge in [0, 0.05) is 13.0 Å². The predicted molar refractivity (Wildman–Crippen MR) is 108 cm³/mol. The molecule has 0 atom stereocenters. The van der Waals surface area contributed by atoms with Crippen LogP contribution in [0, 0.1) is 12.7 Å². The first-order chi connectivity index (χ1) is 13.6. The molecule has 0 spiro atoms. The lowest BCUT2D eigenvalue weighted by atomic mass is 9.95. The van der Waals surface area contributed by atoms with Crippen LogP contribution in [0.1, 0.15) is 45.4 Å². The Morgan fingerprint density at radius 3 is 2.93 bits per heavy atom. The van der Waals surface area contributed by atoms with Gasteiger partial charge in [-0.25, -0.2) is 9.07 Å². The number of Topliss-reactive ketones (excluding diaryl/α,β-unsaturated/α-hetero) is 1. The summed E-state index contributed by atoms with van der Waals surface area (Å²) in [6.07, 6.45) is 1.60. The predicted octanol–water partition coefficient (Wildman–Crippen LogP) is 3.95. The van der Waals surface area contributed by atoms with Gasteiger partial charge in [-0.3, -0.25) is 4.79 Å². The van der Waals surface area contributed by atoms with E-state index in [2.05, 4.69) is 23.4 Å². The van der Waals surface area contributed by atoms with Crippen LogP contribution in [-0.2, 0) is 25.8 Å². The zero-order valence-electron chi connectivity index (χ0n) is 16.3. The lowest BCUT2D eigenvalue weighted by Gasteiger charge is -2.19. The van der Waals surface area contributed by atoms with Gasteiger partial charge in [0.2, 0.25) is 0 Å². The Kier molecular flexibility index (Phi) is 5.09. The molecule has 0 bridgehead atoms. The van der Waals surface area contributed by atoms with Crippen molar-refractivity contribution in [3.8, 4) is 5.69 Å². The molecule has 1 aliphatic rings. The van der Waals surface area contributed by atoms with Gasteiger partial charge in [0.15, 0.2) is 5.78 Å². The average Bonchev–Trinajstić information content (AvgIpc) is 3.12.